The molecular formula is C15H12N4O4. The lowest BCUT2D eigenvalue weighted by molar-refractivity contribution is 0.0416. The number of rotatable bonds is 4. The van der Waals surface area contributed by atoms with Crippen LogP contribution in [0.2, 0.25) is 0 Å². The second-order valence-electron chi connectivity index (χ2n) is 4.73. The molecule has 2 amide bonds. The number of nitrogen functional groups attached to an aromatic ring is 1. The highest BCUT2D eigenvalue weighted by Crippen LogP contribution is 2.21. The van der Waals surface area contributed by atoms with E-state index in [1.54, 1.807) is 24.3 Å². The van der Waals surface area contributed by atoms with Gasteiger partial charge in [-0.05, 0) is 12.1 Å². The molecule has 2 N–H and O–H groups in total. The Hall–Kier alpha value is -3.29. The van der Waals surface area contributed by atoms with Gasteiger partial charge < -0.3 is 10.5 Å². The third-order valence-electron chi connectivity index (χ3n) is 3.35. The molecule has 1 aliphatic heterocycles. The number of fused-ring (bicyclic) bond motifs is 1. The number of aromatic nitrogens is 2. The maximum absolute atomic E-state index is 12.1. The Morgan fingerprint density at radius 3 is 2.30 bits per heavy atom. The zero-order chi connectivity index (χ0) is 16.4. The summed E-state index contributed by atoms with van der Waals surface area (Å²) in [6.45, 7) is -0.196. The summed E-state index contributed by atoms with van der Waals surface area (Å²) in [5.41, 5.74) is 6.12. The summed E-state index contributed by atoms with van der Waals surface area (Å²) in [7, 11) is 0. The van der Waals surface area contributed by atoms with Crippen molar-refractivity contribution in [3.05, 3.63) is 53.5 Å². The van der Waals surface area contributed by atoms with Crippen molar-refractivity contribution in [2.75, 3.05) is 18.9 Å². The third kappa shape index (κ3) is 2.61. The first-order valence-electron chi connectivity index (χ1n) is 6.78. The summed E-state index contributed by atoms with van der Waals surface area (Å²) in [6, 6.07) is 6.54. The number of anilines is 1. The van der Waals surface area contributed by atoms with Crippen LogP contribution in [0, 0.1) is 0 Å². The minimum Gasteiger partial charge on any atom is -0.459 e. The second-order valence-corrected chi connectivity index (χ2v) is 4.73. The molecule has 1 aromatic heterocycles. The Balaban J connectivity index is 1.62. The highest BCUT2D eigenvalue weighted by atomic mass is 16.5. The number of ether oxygens (including phenoxy) is 1. The first-order chi connectivity index (χ1) is 11.1. The van der Waals surface area contributed by atoms with E-state index in [0.29, 0.717) is 11.1 Å². The van der Waals surface area contributed by atoms with Gasteiger partial charge in [0, 0.05) is 12.4 Å². The lowest BCUT2D eigenvalue weighted by Gasteiger charge is -2.13. The number of benzene rings is 1. The fourth-order valence-electron chi connectivity index (χ4n) is 2.25. The van der Waals surface area contributed by atoms with E-state index < -0.39 is 17.8 Å². The van der Waals surface area contributed by atoms with Gasteiger partial charge in [0.15, 0.2) is 11.5 Å². The zero-order valence-electron chi connectivity index (χ0n) is 11.9. The van der Waals surface area contributed by atoms with E-state index in [1.165, 1.54) is 12.4 Å². The standard InChI is InChI=1S/C15H12N4O4/c16-12-11(17-5-6-18-12)15(22)23-8-7-19-13(20)9-3-1-2-4-10(9)14(19)21/h1-6H,7-8H2,(H2,16,18). The Morgan fingerprint density at radius 2 is 1.70 bits per heavy atom. The summed E-state index contributed by atoms with van der Waals surface area (Å²) >= 11 is 0. The topological polar surface area (TPSA) is 115 Å². The Morgan fingerprint density at radius 1 is 1.09 bits per heavy atom. The molecule has 0 radical (unpaired) electrons. The van der Waals surface area contributed by atoms with Crippen LogP contribution in [0.15, 0.2) is 36.7 Å². The smallest absolute Gasteiger partial charge is 0.360 e. The molecule has 0 saturated heterocycles. The Labute approximate surface area is 130 Å². The van der Waals surface area contributed by atoms with Gasteiger partial charge in [0.2, 0.25) is 0 Å². The van der Waals surface area contributed by atoms with Gasteiger partial charge >= 0.3 is 5.97 Å². The van der Waals surface area contributed by atoms with Crippen LogP contribution in [-0.4, -0.2) is 45.8 Å². The monoisotopic (exact) mass is 312 g/mol. The van der Waals surface area contributed by atoms with Crippen LogP contribution in [-0.2, 0) is 4.74 Å². The summed E-state index contributed by atoms with van der Waals surface area (Å²) in [5.74, 6) is -1.60. The van der Waals surface area contributed by atoms with Crippen molar-refractivity contribution in [1.82, 2.24) is 14.9 Å². The van der Waals surface area contributed by atoms with Gasteiger partial charge in [0.25, 0.3) is 11.8 Å². The number of nitrogens with two attached hydrogens (primary N) is 1. The predicted octanol–water partition coefficient (Wildman–Crippen LogP) is 0.512. The second kappa shape index (κ2) is 5.84. The van der Waals surface area contributed by atoms with Crippen LogP contribution >= 0.6 is 0 Å². The molecule has 1 aromatic carbocycles. The van der Waals surface area contributed by atoms with E-state index in [4.69, 9.17) is 10.5 Å². The number of hydrogen-bond donors (Lipinski definition) is 1. The highest BCUT2D eigenvalue weighted by Gasteiger charge is 2.34. The van der Waals surface area contributed by atoms with E-state index >= 15 is 0 Å². The first kappa shape index (κ1) is 14.6. The average Bonchev–Trinajstić information content (AvgIpc) is 2.80. The summed E-state index contributed by atoms with van der Waals surface area (Å²) in [5, 5.41) is 0. The SMILES string of the molecule is Nc1nccnc1C(=O)OCCN1C(=O)c2ccccc2C1=O. The molecule has 23 heavy (non-hydrogen) atoms. The highest BCUT2D eigenvalue weighted by molar-refractivity contribution is 6.21. The van der Waals surface area contributed by atoms with Gasteiger partial charge in [-0.15, -0.1) is 0 Å². The number of esters is 1. The molecule has 1 aliphatic rings. The van der Waals surface area contributed by atoms with Crippen molar-refractivity contribution < 1.29 is 19.1 Å². The van der Waals surface area contributed by atoms with Crippen LogP contribution < -0.4 is 5.73 Å². The lowest BCUT2D eigenvalue weighted by Crippen LogP contribution is -2.33. The van der Waals surface area contributed by atoms with Crippen LogP contribution in [0.3, 0.4) is 0 Å². The maximum Gasteiger partial charge on any atom is 0.360 e. The van der Waals surface area contributed by atoms with E-state index in [2.05, 4.69) is 9.97 Å². The van der Waals surface area contributed by atoms with Gasteiger partial charge in [0.05, 0.1) is 17.7 Å². The van der Waals surface area contributed by atoms with Gasteiger partial charge in [-0.2, -0.15) is 0 Å². The van der Waals surface area contributed by atoms with Crippen molar-refractivity contribution in [3.63, 3.8) is 0 Å². The largest absolute Gasteiger partial charge is 0.459 e. The number of amides is 2. The van der Waals surface area contributed by atoms with Gasteiger partial charge in [0.1, 0.15) is 6.61 Å². The molecule has 116 valence electrons. The predicted molar refractivity (Wildman–Crippen MR) is 78.5 cm³/mol. The molecule has 2 heterocycles. The Kier molecular flexibility index (Phi) is 3.71. The van der Waals surface area contributed by atoms with Crippen LogP contribution in [0.1, 0.15) is 31.2 Å². The van der Waals surface area contributed by atoms with Gasteiger partial charge in [-0.1, -0.05) is 12.1 Å². The summed E-state index contributed by atoms with van der Waals surface area (Å²) in [6.07, 6.45) is 2.67. The number of nitrogens with zero attached hydrogens (tertiary/aromatic N) is 3. The van der Waals surface area contributed by atoms with E-state index in [9.17, 15) is 14.4 Å². The molecule has 0 bridgehead atoms. The number of carbonyl (C=O) groups is 3. The third-order valence-corrected chi connectivity index (χ3v) is 3.35. The fraction of sp³-hybridized carbons (Fsp3) is 0.133. The van der Waals surface area contributed by atoms with Crippen LogP contribution in [0.5, 0.6) is 0 Å². The quantitative estimate of drug-likeness (QED) is 0.646. The van der Waals surface area contributed by atoms with E-state index in [-0.39, 0.29) is 24.7 Å². The van der Waals surface area contributed by atoms with Crippen LogP contribution in [0.4, 0.5) is 5.82 Å². The molecule has 0 saturated carbocycles. The van der Waals surface area contributed by atoms with Crippen molar-refractivity contribution >= 4 is 23.6 Å². The lowest BCUT2D eigenvalue weighted by atomic mass is 10.1. The normalized spacial score (nSPS) is 13.1. The molecular weight excluding hydrogens is 300 g/mol. The number of carbonyl (C=O) groups excluding carboxylic acids is 3. The fourth-order valence-corrected chi connectivity index (χ4v) is 2.25. The number of hydrogen-bond acceptors (Lipinski definition) is 7. The first-order valence-corrected chi connectivity index (χ1v) is 6.78. The zero-order valence-corrected chi connectivity index (χ0v) is 11.9. The van der Waals surface area contributed by atoms with Gasteiger partial charge in [-0.3, -0.25) is 14.5 Å². The molecule has 8 heteroatoms. The molecule has 0 atom stereocenters. The molecule has 0 aliphatic carbocycles. The van der Waals surface area contributed by atoms with Crippen molar-refractivity contribution in [2.45, 2.75) is 0 Å². The minimum atomic E-state index is -0.757. The van der Waals surface area contributed by atoms with E-state index in [1.807, 2.05) is 0 Å². The molecule has 0 fully saturated rings. The van der Waals surface area contributed by atoms with Crippen LogP contribution in [0.25, 0.3) is 0 Å². The Bertz CT molecular complexity index is 771. The number of imide groups is 1. The molecule has 8 nitrogen and oxygen atoms in total. The maximum atomic E-state index is 12.1. The summed E-state index contributed by atoms with van der Waals surface area (Å²) in [4.78, 5) is 44.6. The molecule has 0 unspecified atom stereocenters. The minimum absolute atomic E-state index is 0.0433. The molecule has 3 rings (SSSR count). The van der Waals surface area contributed by atoms with Crippen molar-refractivity contribution in [1.29, 1.82) is 0 Å². The average molecular weight is 312 g/mol. The van der Waals surface area contributed by atoms with E-state index in [0.717, 1.165) is 4.90 Å². The summed E-state index contributed by atoms with van der Waals surface area (Å²) < 4.78 is 5.00. The van der Waals surface area contributed by atoms with Crippen molar-refractivity contribution in [3.8, 4) is 0 Å². The van der Waals surface area contributed by atoms with Gasteiger partial charge in [-0.25, -0.2) is 14.8 Å². The molecule has 2 aromatic rings. The molecule has 0 spiro atoms. The van der Waals surface area contributed by atoms with Crippen molar-refractivity contribution in [2.24, 2.45) is 0 Å².